The summed E-state index contributed by atoms with van der Waals surface area (Å²) >= 11 is 3.36. The van der Waals surface area contributed by atoms with Gasteiger partial charge in [0, 0.05) is 35.5 Å². The molecule has 1 heterocycles. The van der Waals surface area contributed by atoms with E-state index in [1.807, 2.05) is 36.6 Å². The molecule has 0 saturated heterocycles. The molecule has 6 heteroatoms. The molecule has 0 radical (unpaired) electrons. The second-order valence-corrected chi connectivity index (χ2v) is 6.65. The van der Waals surface area contributed by atoms with Gasteiger partial charge in [-0.2, -0.15) is 0 Å². The maximum absolute atomic E-state index is 11.8. The van der Waals surface area contributed by atoms with E-state index in [9.17, 15) is 4.79 Å². The standard InChI is InChI=1S/C15H18N2O2S2/c1-11-9-20-15(17-11)21-10-12-3-5-13(6-4-12)14(19)16-7-2-8-18/h3-6,9,18H,2,7-8,10H2,1H3,(H,16,19). The van der Waals surface area contributed by atoms with Gasteiger partial charge in [0.2, 0.25) is 0 Å². The molecule has 0 aliphatic rings. The van der Waals surface area contributed by atoms with Crippen LogP contribution in [0, 0.1) is 6.92 Å². The van der Waals surface area contributed by atoms with E-state index in [1.54, 1.807) is 23.1 Å². The first-order chi connectivity index (χ1) is 10.2. The number of carbonyl (C=O) groups is 1. The molecule has 0 fully saturated rings. The van der Waals surface area contributed by atoms with Gasteiger partial charge < -0.3 is 10.4 Å². The molecule has 4 nitrogen and oxygen atoms in total. The molecule has 2 aromatic rings. The Labute approximate surface area is 132 Å². The topological polar surface area (TPSA) is 62.2 Å². The number of hydrogen-bond donors (Lipinski definition) is 2. The fourth-order valence-corrected chi connectivity index (χ4v) is 3.48. The summed E-state index contributed by atoms with van der Waals surface area (Å²) in [6.07, 6.45) is 0.577. The molecule has 2 rings (SSSR count). The van der Waals surface area contributed by atoms with E-state index in [2.05, 4.69) is 10.3 Å². The van der Waals surface area contributed by atoms with E-state index in [0.717, 1.165) is 15.8 Å². The lowest BCUT2D eigenvalue weighted by atomic mass is 10.1. The number of thioether (sulfide) groups is 1. The third kappa shape index (κ3) is 5.15. The van der Waals surface area contributed by atoms with Crippen LogP contribution in [0.25, 0.3) is 0 Å². The Kier molecular flexibility index (Phi) is 6.22. The number of aromatic nitrogens is 1. The average Bonchev–Trinajstić information content (AvgIpc) is 2.91. The van der Waals surface area contributed by atoms with E-state index in [1.165, 1.54) is 5.56 Å². The van der Waals surface area contributed by atoms with Gasteiger partial charge in [-0.15, -0.1) is 11.3 Å². The van der Waals surface area contributed by atoms with Crippen LogP contribution in [-0.4, -0.2) is 29.1 Å². The van der Waals surface area contributed by atoms with Gasteiger partial charge in [0.05, 0.1) is 0 Å². The first-order valence-electron chi connectivity index (χ1n) is 6.72. The Morgan fingerprint density at radius 2 is 2.14 bits per heavy atom. The van der Waals surface area contributed by atoms with E-state index < -0.39 is 0 Å². The third-order valence-corrected chi connectivity index (χ3v) is 5.01. The Hall–Kier alpha value is -1.37. The largest absolute Gasteiger partial charge is 0.396 e. The van der Waals surface area contributed by atoms with Gasteiger partial charge in [-0.3, -0.25) is 4.79 Å². The van der Waals surface area contributed by atoms with Gasteiger partial charge in [-0.05, 0) is 31.0 Å². The van der Waals surface area contributed by atoms with Crippen LogP contribution in [0.3, 0.4) is 0 Å². The van der Waals surface area contributed by atoms with E-state index in [-0.39, 0.29) is 12.5 Å². The lowest BCUT2D eigenvalue weighted by molar-refractivity contribution is 0.0951. The first kappa shape index (κ1) is 16.0. The fourth-order valence-electron chi connectivity index (χ4n) is 1.68. The van der Waals surface area contributed by atoms with Crippen LogP contribution < -0.4 is 5.32 Å². The Morgan fingerprint density at radius 3 is 2.76 bits per heavy atom. The minimum Gasteiger partial charge on any atom is -0.396 e. The number of rotatable bonds is 7. The van der Waals surface area contributed by atoms with E-state index in [0.29, 0.717) is 18.5 Å². The highest BCUT2D eigenvalue weighted by molar-refractivity contribution is 8.00. The maximum atomic E-state index is 11.8. The van der Waals surface area contributed by atoms with Crippen molar-refractivity contribution in [2.75, 3.05) is 13.2 Å². The summed E-state index contributed by atoms with van der Waals surface area (Å²) < 4.78 is 1.07. The summed E-state index contributed by atoms with van der Waals surface area (Å²) in [5.74, 6) is 0.748. The molecule has 0 saturated carbocycles. The van der Waals surface area contributed by atoms with Crippen LogP contribution in [0.15, 0.2) is 34.0 Å². The minimum absolute atomic E-state index is 0.0900. The summed E-state index contributed by atoms with van der Waals surface area (Å²) in [7, 11) is 0. The van der Waals surface area contributed by atoms with Crippen LogP contribution in [0.2, 0.25) is 0 Å². The summed E-state index contributed by atoms with van der Waals surface area (Å²) in [6, 6.07) is 7.59. The third-order valence-electron chi connectivity index (χ3n) is 2.80. The predicted molar refractivity (Wildman–Crippen MR) is 86.9 cm³/mol. The summed E-state index contributed by atoms with van der Waals surface area (Å²) in [6.45, 7) is 2.58. The van der Waals surface area contributed by atoms with Crippen molar-refractivity contribution in [1.82, 2.24) is 10.3 Å². The van der Waals surface area contributed by atoms with E-state index >= 15 is 0 Å². The molecule has 1 aromatic heterocycles. The van der Waals surface area contributed by atoms with Crippen LogP contribution in [0.4, 0.5) is 0 Å². The van der Waals surface area contributed by atoms with Crippen molar-refractivity contribution in [3.63, 3.8) is 0 Å². The maximum Gasteiger partial charge on any atom is 0.251 e. The Balaban J connectivity index is 1.85. The smallest absolute Gasteiger partial charge is 0.251 e. The molecule has 0 aliphatic heterocycles. The molecular weight excluding hydrogens is 304 g/mol. The summed E-state index contributed by atoms with van der Waals surface area (Å²) in [5, 5.41) is 13.5. The molecule has 2 N–H and O–H groups in total. The predicted octanol–water partition coefficient (Wildman–Crippen LogP) is 2.86. The van der Waals surface area contributed by atoms with Gasteiger partial charge in [0.25, 0.3) is 5.91 Å². The zero-order chi connectivity index (χ0) is 15.1. The van der Waals surface area contributed by atoms with Gasteiger partial charge in [-0.25, -0.2) is 4.98 Å². The molecule has 0 aliphatic carbocycles. The summed E-state index contributed by atoms with van der Waals surface area (Å²) in [4.78, 5) is 16.2. The Bertz CT molecular complexity index is 582. The normalized spacial score (nSPS) is 10.6. The lowest BCUT2D eigenvalue weighted by Crippen LogP contribution is -2.24. The first-order valence-corrected chi connectivity index (χ1v) is 8.58. The number of benzene rings is 1. The van der Waals surface area contributed by atoms with Crippen LogP contribution in [-0.2, 0) is 5.75 Å². The second-order valence-electron chi connectivity index (χ2n) is 4.57. The monoisotopic (exact) mass is 322 g/mol. The van der Waals surface area contributed by atoms with Gasteiger partial charge >= 0.3 is 0 Å². The highest BCUT2D eigenvalue weighted by atomic mass is 32.2. The highest BCUT2D eigenvalue weighted by Crippen LogP contribution is 2.25. The van der Waals surface area contributed by atoms with Gasteiger partial charge in [0.1, 0.15) is 4.34 Å². The molecule has 0 spiro atoms. The van der Waals surface area contributed by atoms with Crippen molar-refractivity contribution in [3.05, 3.63) is 46.5 Å². The number of aryl methyl sites for hydroxylation is 1. The van der Waals surface area contributed by atoms with Crippen molar-refractivity contribution in [1.29, 1.82) is 0 Å². The molecule has 1 amide bonds. The number of carbonyl (C=O) groups excluding carboxylic acids is 1. The van der Waals surface area contributed by atoms with Gasteiger partial charge in [0.15, 0.2) is 0 Å². The fraction of sp³-hybridized carbons (Fsp3) is 0.333. The molecule has 1 aromatic carbocycles. The van der Waals surface area contributed by atoms with Crippen LogP contribution >= 0.6 is 23.1 Å². The van der Waals surface area contributed by atoms with Crippen molar-refractivity contribution in [3.8, 4) is 0 Å². The molecule has 0 atom stereocenters. The second kappa shape index (κ2) is 8.17. The van der Waals surface area contributed by atoms with Crippen LogP contribution in [0.1, 0.15) is 28.0 Å². The number of aliphatic hydroxyl groups excluding tert-OH is 1. The zero-order valence-corrected chi connectivity index (χ0v) is 13.5. The van der Waals surface area contributed by atoms with Crippen molar-refractivity contribution >= 4 is 29.0 Å². The van der Waals surface area contributed by atoms with Crippen LogP contribution in [0.5, 0.6) is 0 Å². The molecule has 0 unspecified atom stereocenters. The number of hydrogen-bond acceptors (Lipinski definition) is 5. The van der Waals surface area contributed by atoms with Crippen molar-refractivity contribution in [2.45, 2.75) is 23.4 Å². The average molecular weight is 322 g/mol. The van der Waals surface area contributed by atoms with E-state index in [4.69, 9.17) is 5.11 Å². The number of nitrogens with one attached hydrogen (secondary N) is 1. The lowest BCUT2D eigenvalue weighted by Gasteiger charge is -2.05. The SMILES string of the molecule is Cc1csc(SCc2ccc(C(=O)NCCCO)cc2)n1. The highest BCUT2D eigenvalue weighted by Gasteiger charge is 2.05. The number of thiazole rings is 1. The number of aliphatic hydroxyl groups is 1. The molecule has 0 bridgehead atoms. The molecule has 21 heavy (non-hydrogen) atoms. The quantitative estimate of drug-likeness (QED) is 0.608. The van der Waals surface area contributed by atoms with Gasteiger partial charge in [-0.1, -0.05) is 23.9 Å². The molecule has 112 valence electrons. The number of amides is 1. The summed E-state index contributed by atoms with van der Waals surface area (Å²) in [5.41, 5.74) is 2.86. The molecular formula is C15H18N2O2S2. The minimum atomic E-state index is -0.0989. The van der Waals surface area contributed by atoms with Crippen molar-refractivity contribution < 1.29 is 9.90 Å². The van der Waals surface area contributed by atoms with Crippen molar-refractivity contribution in [2.24, 2.45) is 0 Å². The zero-order valence-electron chi connectivity index (χ0n) is 11.8. The Morgan fingerprint density at radius 1 is 1.38 bits per heavy atom. The number of nitrogens with zero attached hydrogens (tertiary/aromatic N) is 1.